The first-order chi connectivity index (χ1) is 7.31. The zero-order valence-corrected chi connectivity index (χ0v) is 9.52. The molecule has 0 bridgehead atoms. The topological polar surface area (TPSA) is 93.9 Å². The number of hydrogen-bond donors (Lipinski definition) is 1. The molecule has 0 radical (unpaired) electrons. The standard InChI is InChI=1S/C10H14N4O2/c1-10(2,3)16-8(15)6-14-5-7(4-11)9(12)13-14/h5H,6H2,1-3H3,(H2,12,13). The number of nitriles is 1. The summed E-state index contributed by atoms with van der Waals surface area (Å²) in [6.07, 6.45) is 1.42. The van der Waals surface area contributed by atoms with E-state index in [9.17, 15) is 4.79 Å². The lowest BCUT2D eigenvalue weighted by Crippen LogP contribution is -2.26. The van der Waals surface area contributed by atoms with Crippen LogP contribution in [0.5, 0.6) is 0 Å². The van der Waals surface area contributed by atoms with Gasteiger partial charge in [0.15, 0.2) is 5.82 Å². The number of anilines is 1. The van der Waals surface area contributed by atoms with Gasteiger partial charge in [0.2, 0.25) is 0 Å². The lowest BCUT2D eigenvalue weighted by atomic mass is 10.2. The van der Waals surface area contributed by atoms with Gasteiger partial charge >= 0.3 is 5.97 Å². The van der Waals surface area contributed by atoms with Gasteiger partial charge in [0, 0.05) is 6.20 Å². The summed E-state index contributed by atoms with van der Waals surface area (Å²) in [5.41, 5.74) is 5.17. The largest absolute Gasteiger partial charge is 0.459 e. The molecule has 1 heterocycles. The van der Waals surface area contributed by atoms with Crippen LogP contribution in [0.4, 0.5) is 5.82 Å². The molecular formula is C10H14N4O2. The molecule has 2 N–H and O–H groups in total. The Labute approximate surface area is 93.6 Å². The number of ether oxygens (including phenoxy) is 1. The smallest absolute Gasteiger partial charge is 0.328 e. The summed E-state index contributed by atoms with van der Waals surface area (Å²) in [4.78, 5) is 11.4. The van der Waals surface area contributed by atoms with Crippen LogP contribution in [0.3, 0.4) is 0 Å². The number of nitrogens with zero attached hydrogens (tertiary/aromatic N) is 3. The fourth-order valence-electron chi connectivity index (χ4n) is 1.11. The van der Waals surface area contributed by atoms with Crippen molar-refractivity contribution >= 4 is 11.8 Å². The first-order valence-electron chi connectivity index (χ1n) is 4.76. The van der Waals surface area contributed by atoms with Gasteiger partial charge in [-0.25, -0.2) is 0 Å². The minimum Gasteiger partial charge on any atom is -0.459 e. The Balaban J connectivity index is 2.68. The average Bonchev–Trinajstić information content (AvgIpc) is 2.42. The van der Waals surface area contributed by atoms with E-state index in [0.717, 1.165) is 0 Å². The molecular weight excluding hydrogens is 208 g/mol. The molecule has 1 aromatic rings. The molecule has 0 aromatic carbocycles. The van der Waals surface area contributed by atoms with Crippen molar-refractivity contribution in [1.82, 2.24) is 9.78 Å². The Morgan fingerprint density at radius 3 is 2.75 bits per heavy atom. The van der Waals surface area contributed by atoms with E-state index in [-0.39, 0.29) is 17.9 Å². The van der Waals surface area contributed by atoms with E-state index in [1.165, 1.54) is 10.9 Å². The maximum absolute atomic E-state index is 11.4. The highest BCUT2D eigenvalue weighted by Gasteiger charge is 2.17. The first-order valence-corrected chi connectivity index (χ1v) is 4.76. The van der Waals surface area contributed by atoms with Gasteiger partial charge in [0.1, 0.15) is 23.8 Å². The maximum Gasteiger partial charge on any atom is 0.328 e. The van der Waals surface area contributed by atoms with E-state index < -0.39 is 11.6 Å². The van der Waals surface area contributed by atoms with E-state index in [0.29, 0.717) is 0 Å². The molecule has 0 amide bonds. The van der Waals surface area contributed by atoms with Crippen molar-refractivity contribution in [3.8, 4) is 6.07 Å². The van der Waals surface area contributed by atoms with Crippen molar-refractivity contribution in [1.29, 1.82) is 5.26 Å². The zero-order chi connectivity index (χ0) is 12.3. The number of nitrogens with two attached hydrogens (primary N) is 1. The summed E-state index contributed by atoms with van der Waals surface area (Å²) >= 11 is 0. The molecule has 0 fully saturated rings. The Morgan fingerprint density at radius 1 is 1.69 bits per heavy atom. The predicted molar refractivity (Wildman–Crippen MR) is 57.2 cm³/mol. The Kier molecular flexibility index (Phi) is 3.18. The summed E-state index contributed by atoms with van der Waals surface area (Å²) in [6.45, 7) is 5.29. The van der Waals surface area contributed by atoms with Crippen molar-refractivity contribution in [3.63, 3.8) is 0 Å². The number of hydrogen-bond acceptors (Lipinski definition) is 5. The monoisotopic (exact) mass is 222 g/mol. The van der Waals surface area contributed by atoms with E-state index in [1.54, 1.807) is 20.8 Å². The van der Waals surface area contributed by atoms with E-state index in [2.05, 4.69) is 5.10 Å². The fraction of sp³-hybridized carbons (Fsp3) is 0.500. The van der Waals surface area contributed by atoms with Gasteiger partial charge in [-0.15, -0.1) is 0 Å². The third-order valence-electron chi connectivity index (χ3n) is 1.62. The third-order valence-corrected chi connectivity index (χ3v) is 1.62. The van der Waals surface area contributed by atoms with Crippen LogP contribution in [-0.2, 0) is 16.1 Å². The van der Waals surface area contributed by atoms with Crippen LogP contribution >= 0.6 is 0 Å². The molecule has 1 aromatic heterocycles. The molecule has 0 aliphatic heterocycles. The summed E-state index contributed by atoms with van der Waals surface area (Å²) < 4.78 is 6.39. The molecule has 6 heteroatoms. The average molecular weight is 222 g/mol. The van der Waals surface area contributed by atoms with Crippen molar-refractivity contribution in [2.75, 3.05) is 5.73 Å². The summed E-state index contributed by atoms with van der Waals surface area (Å²) in [5, 5.41) is 12.5. The van der Waals surface area contributed by atoms with E-state index in [4.69, 9.17) is 15.7 Å². The quantitative estimate of drug-likeness (QED) is 0.742. The van der Waals surface area contributed by atoms with Crippen LogP contribution in [0.1, 0.15) is 26.3 Å². The van der Waals surface area contributed by atoms with Gasteiger partial charge in [0.05, 0.1) is 0 Å². The van der Waals surface area contributed by atoms with Gasteiger partial charge < -0.3 is 10.5 Å². The second kappa shape index (κ2) is 4.23. The van der Waals surface area contributed by atoms with Gasteiger partial charge in [-0.05, 0) is 20.8 Å². The first kappa shape index (κ1) is 12.0. The zero-order valence-electron chi connectivity index (χ0n) is 9.52. The van der Waals surface area contributed by atoms with Crippen molar-refractivity contribution < 1.29 is 9.53 Å². The molecule has 0 atom stereocenters. The van der Waals surface area contributed by atoms with Gasteiger partial charge in [-0.1, -0.05) is 0 Å². The SMILES string of the molecule is CC(C)(C)OC(=O)Cn1cc(C#N)c(N)n1. The number of carbonyl (C=O) groups is 1. The molecule has 0 unspecified atom stereocenters. The third kappa shape index (κ3) is 3.28. The lowest BCUT2D eigenvalue weighted by molar-refractivity contribution is -0.155. The van der Waals surface area contributed by atoms with Gasteiger partial charge in [-0.2, -0.15) is 10.4 Å². The van der Waals surface area contributed by atoms with Crippen molar-refractivity contribution in [2.45, 2.75) is 32.9 Å². The van der Waals surface area contributed by atoms with Gasteiger partial charge in [0.25, 0.3) is 0 Å². The van der Waals surface area contributed by atoms with Crippen LogP contribution in [-0.4, -0.2) is 21.4 Å². The number of nitrogen functional groups attached to an aromatic ring is 1. The second-order valence-electron chi connectivity index (χ2n) is 4.32. The second-order valence-corrected chi connectivity index (χ2v) is 4.32. The predicted octanol–water partition coefficient (Wildman–Crippen LogP) is 0.679. The molecule has 0 spiro atoms. The Morgan fingerprint density at radius 2 is 2.31 bits per heavy atom. The fourth-order valence-corrected chi connectivity index (χ4v) is 1.11. The van der Waals surface area contributed by atoms with E-state index >= 15 is 0 Å². The number of esters is 1. The Bertz CT molecular complexity index is 437. The summed E-state index contributed by atoms with van der Waals surface area (Å²) in [5.74, 6) is -0.300. The molecule has 86 valence electrons. The molecule has 1 rings (SSSR count). The minimum atomic E-state index is -0.534. The summed E-state index contributed by atoms with van der Waals surface area (Å²) in [7, 11) is 0. The highest BCUT2D eigenvalue weighted by atomic mass is 16.6. The Hall–Kier alpha value is -2.03. The molecule has 0 aliphatic rings. The highest BCUT2D eigenvalue weighted by Crippen LogP contribution is 2.10. The normalized spacial score (nSPS) is 10.9. The van der Waals surface area contributed by atoms with E-state index in [1.807, 2.05) is 6.07 Å². The molecule has 6 nitrogen and oxygen atoms in total. The molecule has 0 saturated heterocycles. The summed E-state index contributed by atoms with van der Waals surface area (Å²) in [6, 6.07) is 1.88. The van der Waals surface area contributed by atoms with Crippen LogP contribution in [0.2, 0.25) is 0 Å². The molecule has 0 saturated carbocycles. The lowest BCUT2D eigenvalue weighted by Gasteiger charge is -2.19. The number of rotatable bonds is 2. The molecule has 0 aliphatic carbocycles. The molecule has 16 heavy (non-hydrogen) atoms. The number of aromatic nitrogens is 2. The van der Waals surface area contributed by atoms with Crippen LogP contribution in [0, 0.1) is 11.3 Å². The van der Waals surface area contributed by atoms with Crippen LogP contribution < -0.4 is 5.73 Å². The number of carbonyl (C=O) groups excluding carboxylic acids is 1. The maximum atomic E-state index is 11.4. The van der Waals surface area contributed by atoms with Gasteiger partial charge in [-0.3, -0.25) is 9.48 Å². The minimum absolute atomic E-state index is 0.0524. The van der Waals surface area contributed by atoms with Crippen LogP contribution in [0.25, 0.3) is 0 Å². The van der Waals surface area contributed by atoms with Crippen molar-refractivity contribution in [3.05, 3.63) is 11.8 Å². The van der Waals surface area contributed by atoms with Crippen molar-refractivity contribution in [2.24, 2.45) is 0 Å². The highest BCUT2D eigenvalue weighted by molar-refractivity contribution is 5.69. The van der Waals surface area contributed by atoms with Crippen LogP contribution in [0.15, 0.2) is 6.20 Å².